The van der Waals surface area contributed by atoms with E-state index in [9.17, 15) is 4.79 Å². The maximum Gasteiger partial charge on any atom is 0.250 e. The molecule has 2 aromatic rings. The normalized spacial score (nSPS) is 18.9. The Morgan fingerprint density at radius 2 is 2.26 bits per heavy atom. The Morgan fingerprint density at radius 3 is 2.96 bits per heavy atom. The zero-order valence-corrected chi connectivity index (χ0v) is 13.5. The third kappa shape index (κ3) is 3.07. The van der Waals surface area contributed by atoms with Crippen LogP contribution in [0.5, 0.6) is 0 Å². The highest BCUT2D eigenvalue weighted by Gasteiger charge is 2.37. The van der Waals surface area contributed by atoms with E-state index in [-0.39, 0.29) is 12.0 Å². The molecule has 1 saturated heterocycles. The average Bonchev–Trinajstić information content (AvgIpc) is 3.09. The Balaban J connectivity index is 1.77. The van der Waals surface area contributed by atoms with Gasteiger partial charge in [0, 0.05) is 12.7 Å². The lowest BCUT2D eigenvalue weighted by Crippen LogP contribution is -2.51. The molecule has 0 aromatic carbocycles. The number of aromatic nitrogens is 5. The fourth-order valence-corrected chi connectivity index (χ4v) is 2.65. The van der Waals surface area contributed by atoms with Crippen molar-refractivity contribution in [2.45, 2.75) is 32.4 Å². The van der Waals surface area contributed by atoms with Gasteiger partial charge in [-0.05, 0) is 26.8 Å². The van der Waals surface area contributed by atoms with Crippen LogP contribution in [0.4, 0.5) is 0 Å². The summed E-state index contributed by atoms with van der Waals surface area (Å²) >= 11 is 0. The van der Waals surface area contributed by atoms with Gasteiger partial charge >= 0.3 is 0 Å². The number of aryl methyl sites for hydroxylation is 1. The number of carbonyl (C=O) groups excluding carboxylic acids is 1. The van der Waals surface area contributed by atoms with Crippen LogP contribution < -0.4 is 0 Å². The van der Waals surface area contributed by atoms with Gasteiger partial charge in [0.05, 0.1) is 18.8 Å². The molecule has 0 spiro atoms. The summed E-state index contributed by atoms with van der Waals surface area (Å²) in [6, 6.07) is 1.83. The molecule has 1 atom stereocenters. The van der Waals surface area contributed by atoms with Gasteiger partial charge in [0.25, 0.3) is 0 Å². The summed E-state index contributed by atoms with van der Waals surface area (Å²) in [5.74, 6) is 0.680. The third-order valence-corrected chi connectivity index (χ3v) is 4.00. The van der Waals surface area contributed by atoms with E-state index in [2.05, 4.69) is 20.1 Å². The van der Waals surface area contributed by atoms with Gasteiger partial charge in [-0.15, -0.1) is 0 Å². The minimum absolute atomic E-state index is 0.0120. The molecule has 1 fully saturated rings. The van der Waals surface area contributed by atoms with Crippen molar-refractivity contribution in [3.05, 3.63) is 36.4 Å². The Kier molecular flexibility index (Phi) is 4.08. The Bertz CT molecular complexity index is 685. The van der Waals surface area contributed by atoms with Crippen molar-refractivity contribution in [2.75, 3.05) is 19.7 Å². The van der Waals surface area contributed by atoms with Crippen LogP contribution in [-0.4, -0.2) is 55.2 Å². The first-order chi connectivity index (χ1) is 11.0. The molecular weight excluding hydrogens is 296 g/mol. The molecule has 0 N–H and O–H groups in total. The molecule has 8 heteroatoms. The lowest BCUT2D eigenvalue weighted by atomic mass is 10.0. The largest absolute Gasteiger partial charge is 0.368 e. The second kappa shape index (κ2) is 6.04. The molecule has 0 bridgehead atoms. The summed E-state index contributed by atoms with van der Waals surface area (Å²) in [7, 11) is 0. The summed E-state index contributed by atoms with van der Waals surface area (Å²) < 4.78 is 7.36. The predicted molar refractivity (Wildman–Crippen MR) is 81.4 cm³/mol. The Morgan fingerprint density at radius 1 is 1.43 bits per heavy atom. The van der Waals surface area contributed by atoms with Gasteiger partial charge in [0.1, 0.15) is 30.1 Å². The Hall–Kier alpha value is -2.35. The molecule has 0 saturated carbocycles. The van der Waals surface area contributed by atoms with E-state index in [1.165, 1.54) is 6.33 Å². The fourth-order valence-electron chi connectivity index (χ4n) is 2.65. The molecule has 3 heterocycles. The number of rotatable bonds is 3. The smallest absolute Gasteiger partial charge is 0.250 e. The van der Waals surface area contributed by atoms with Gasteiger partial charge < -0.3 is 9.64 Å². The van der Waals surface area contributed by atoms with E-state index in [0.29, 0.717) is 25.5 Å². The van der Waals surface area contributed by atoms with Crippen LogP contribution in [0.25, 0.3) is 0 Å². The van der Waals surface area contributed by atoms with E-state index in [1.807, 2.05) is 26.8 Å². The summed E-state index contributed by atoms with van der Waals surface area (Å²) in [5.41, 5.74) is 0.00791. The van der Waals surface area contributed by atoms with E-state index < -0.39 is 5.54 Å². The molecule has 8 nitrogen and oxygen atoms in total. The summed E-state index contributed by atoms with van der Waals surface area (Å²) in [5, 5.41) is 4.10. The highest BCUT2D eigenvalue weighted by atomic mass is 16.5. The zero-order chi connectivity index (χ0) is 16.4. The van der Waals surface area contributed by atoms with Crippen molar-refractivity contribution >= 4 is 5.91 Å². The summed E-state index contributed by atoms with van der Waals surface area (Å²) in [4.78, 5) is 27.1. The second-order valence-electron chi connectivity index (χ2n) is 6.04. The van der Waals surface area contributed by atoms with Gasteiger partial charge in [-0.1, -0.05) is 0 Å². The highest BCUT2D eigenvalue weighted by Crippen LogP contribution is 2.24. The monoisotopic (exact) mass is 316 g/mol. The molecule has 122 valence electrons. The lowest BCUT2D eigenvalue weighted by molar-refractivity contribution is -0.147. The van der Waals surface area contributed by atoms with Crippen LogP contribution in [0.2, 0.25) is 0 Å². The maximum absolute atomic E-state index is 12.9. The van der Waals surface area contributed by atoms with Gasteiger partial charge in [0.2, 0.25) is 5.91 Å². The minimum atomic E-state index is -0.792. The molecule has 2 aromatic heterocycles. The lowest BCUT2D eigenvalue weighted by Gasteiger charge is -2.37. The zero-order valence-electron chi connectivity index (χ0n) is 13.5. The topological polar surface area (TPSA) is 86.0 Å². The number of carbonyl (C=O) groups is 1. The molecule has 1 amide bonds. The number of amides is 1. The SMILES string of the molecule is Cc1nccc([C@H]2CN(C(=O)C(C)(C)n3cncn3)CCO2)n1. The van der Waals surface area contributed by atoms with Crippen molar-refractivity contribution in [1.82, 2.24) is 29.6 Å². The van der Waals surface area contributed by atoms with Crippen LogP contribution >= 0.6 is 0 Å². The maximum atomic E-state index is 12.9. The first kappa shape index (κ1) is 15.5. The average molecular weight is 316 g/mol. The van der Waals surface area contributed by atoms with Crippen LogP contribution in [0.3, 0.4) is 0 Å². The highest BCUT2D eigenvalue weighted by molar-refractivity contribution is 5.83. The van der Waals surface area contributed by atoms with Crippen LogP contribution in [-0.2, 0) is 15.1 Å². The Labute approximate surface area is 134 Å². The molecule has 1 aliphatic heterocycles. The molecule has 0 radical (unpaired) electrons. The molecule has 23 heavy (non-hydrogen) atoms. The van der Waals surface area contributed by atoms with E-state index in [4.69, 9.17) is 4.74 Å². The standard InChI is InChI=1S/C15H20N6O2/c1-11-17-5-4-12(19-11)13-8-20(6-7-23-13)14(22)15(2,3)21-10-16-9-18-21/h4-5,9-10,13H,6-8H2,1-3H3/t13-/m1/s1. The first-order valence-electron chi connectivity index (χ1n) is 7.54. The van der Waals surface area contributed by atoms with Crippen molar-refractivity contribution in [3.8, 4) is 0 Å². The van der Waals surface area contributed by atoms with E-state index in [1.54, 1.807) is 22.1 Å². The van der Waals surface area contributed by atoms with Gasteiger partial charge in [-0.3, -0.25) is 4.79 Å². The summed E-state index contributed by atoms with van der Waals surface area (Å²) in [6.45, 7) is 7.01. The van der Waals surface area contributed by atoms with Gasteiger partial charge in [-0.25, -0.2) is 19.6 Å². The number of nitrogens with zero attached hydrogens (tertiary/aromatic N) is 6. The molecule has 1 aliphatic rings. The first-order valence-corrected chi connectivity index (χ1v) is 7.54. The number of morpholine rings is 1. The van der Waals surface area contributed by atoms with Crippen LogP contribution in [0, 0.1) is 6.92 Å². The van der Waals surface area contributed by atoms with Crippen LogP contribution in [0.15, 0.2) is 24.9 Å². The van der Waals surface area contributed by atoms with E-state index in [0.717, 1.165) is 5.69 Å². The van der Waals surface area contributed by atoms with Gasteiger partial charge in [0.15, 0.2) is 0 Å². The van der Waals surface area contributed by atoms with Crippen LogP contribution in [0.1, 0.15) is 31.5 Å². The molecule has 0 unspecified atom stereocenters. The fraction of sp³-hybridized carbons (Fsp3) is 0.533. The van der Waals surface area contributed by atoms with Crippen molar-refractivity contribution < 1.29 is 9.53 Å². The quantitative estimate of drug-likeness (QED) is 0.829. The number of ether oxygens (including phenoxy) is 1. The third-order valence-electron chi connectivity index (χ3n) is 4.00. The van der Waals surface area contributed by atoms with E-state index >= 15 is 0 Å². The number of hydrogen-bond donors (Lipinski definition) is 0. The minimum Gasteiger partial charge on any atom is -0.368 e. The number of hydrogen-bond acceptors (Lipinski definition) is 6. The van der Waals surface area contributed by atoms with Crippen molar-refractivity contribution in [2.24, 2.45) is 0 Å². The summed E-state index contributed by atoms with van der Waals surface area (Å²) in [6.07, 6.45) is 4.46. The second-order valence-corrected chi connectivity index (χ2v) is 6.04. The van der Waals surface area contributed by atoms with Gasteiger partial charge in [-0.2, -0.15) is 5.10 Å². The molecular formula is C15H20N6O2. The molecule has 3 rings (SSSR count). The molecule has 0 aliphatic carbocycles. The van der Waals surface area contributed by atoms with Crippen molar-refractivity contribution in [3.63, 3.8) is 0 Å². The predicted octanol–water partition coefficient (Wildman–Crippen LogP) is 0.712. The van der Waals surface area contributed by atoms with Crippen molar-refractivity contribution in [1.29, 1.82) is 0 Å².